The first-order chi connectivity index (χ1) is 8.90. The largest absolute Gasteiger partial charge is 0.483 e. The average molecular weight is 331 g/mol. The summed E-state index contributed by atoms with van der Waals surface area (Å²) in [5, 5.41) is 8.95. The molecule has 19 heavy (non-hydrogen) atoms. The second kappa shape index (κ2) is 6.74. The normalized spacial score (nSPS) is 9.58. The number of benzene rings is 1. The number of amides is 2. The number of carbonyl (C=O) groups excluding carboxylic acids is 2. The zero-order valence-corrected chi connectivity index (χ0v) is 11.5. The highest BCUT2D eigenvalue weighted by molar-refractivity contribution is 9.10. The van der Waals surface area contributed by atoms with Gasteiger partial charge in [-0.1, -0.05) is 15.9 Å². The summed E-state index contributed by atoms with van der Waals surface area (Å²) in [7, 11) is 0. The molecule has 0 aliphatic heterocycles. The fraction of sp³-hybridized carbons (Fsp3) is 0.182. The van der Waals surface area contributed by atoms with Crippen molar-refractivity contribution in [2.24, 2.45) is 0 Å². The van der Waals surface area contributed by atoms with Crippen LogP contribution in [-0.2, 0) is 9.59 Å². The number of carbonyl (C=O) groups is 3. The van der Waals surface area contributed by atoms with E-state index in [2.05, 4.69) is 26.8 Å². The molecule has 0 spiro atoms. The molecule has 0 bridgehead atoms. The Balaban J connectivity index is 2.66. The molecule has 1 aromatic rings. The molecule has 0 unspecified atom stereocenters. The number of rotatable bonds is 4. The summed E-state index contributed by atoms with van der Waals surface area (Å²) in [5.74, 6) is -2.14. The van der Waals surface area contributed by atoms with Crippen molar-refractivity contribution < 1.29 is 24.2 Å². The van der Waals surface area contributed by atoms with Gasteiger partial charge in [0.1, 0.15) is 11.3 Å². The van der Waals surface area contributed by atoms with Crippen LogP contribution in [0.25, 0.3) is 0 Å². The predicted octanol–water partition coefficient (Wildman–Crippen LogP) is 0.693. The Morgan fingerprint density at radius 2 is 2.00 bits per heavy atom. The molecule has 0 radical (unpaired) electrons. The van der Waals surface area contributed by atoms with Crippen molar-refractivity contribution in [1.82, 2.24) is 10.9 Å². The van der Waals surface area contributed by atoms with E-state index in [0.29, 0.717) is 4.47 Å². The maximum atomic E-state index is 11.3. The Morgan fingerprint density at radius 1 is 1.32 bits per heavy atom. The van der Waals surface area contributed by atoms with Gasteiger partial charge in [-0.3, -0.25) is 20.4 Å². The van der Waals surface area contributed by atoms with E-state index in [-0.39, 0.29) is 11.3 Å². The fourth-order valence-corrected chi connectivity index (χ4v) is 1.47. The molecule has 0 saturated heterocycles. The first-order valence-corrected chi connectivity index (χ1v) is 5.90. The number of carboxylic acid groups (broad SMARTS) is 1. The highest BCUT2D eigenvalue weighted by Gasteiger charge is 2.13. The summed E-state index contributed by atoms with van der Waals surface area (Å²) in [4.78, 5) is 32.8. The van der Waals surface area contributed by atoms with Gasteiger partial charge >= 0.3 is 5.97 Å². The molecule has 2 amide bonds. The molecule has 1 rings (SSSR count). The van der Waals surface area contributed by atoms with Crippen molar-refractivity contribution in [3.63, 3.8) is 0 Å². The van der Waals surface area contributed by atoms with Crippen LogP contribution in [0.5, 0.6) is 5.75 Å². The third-order valence-corrected chi connectivity index (χ3v) is 2.40. The molecular weight excluding hydrogens is 320 g/mol. The molecule has 8 heteroatoms. The summed E-state index contributed by atoms with van der Waals surface area (Å²) in [5.41, 5.74) is 4.12. The summed E-state index contributed by atoms with van der Waals surface area (Å²) in [6.07, 6.45) is 0. The lowest BCUT2D eigenvalue weighted by Gasteiger charge is -2.10. The number of ether oxygens (including phenoxy) is 1. The molecule has 0 fully saturated rings. The number of hydrazine groups is 1. The minimum Gasteiger partial charge on any atom is -0.483 e. The van der Waals surface area contributed by atoms with Gasteiger partial charge in [0.25, 0.3) is 5.91 Å². The number of carboxylic acids is 1. The molecular formula is C11H11BrN2O5. The minimum atomic E-state index is -1.16. The third-order valence-electron chi connectivity index (χ3n) is 1.91. The molecule has 0 aliphatic carbocycles. The van der Waals surface area contributed by atoms with Gasteiger partial charge in [-0.05, 0) is 18.2 Å². The molecule has 7 nitrogen and oxygen atoms in total. The van der Waals surface area contributed by atoms with Crippen LogP contribution < -0.4 is 15.6 Å². The first-order valence-electron chi connectivity index (χ1n) is 5.11. The van der Waals surface area contributed by atoms with Crippen molar-refractivity contribution in [1.29, 1.82) is 0 Å². The Hall–Kier alpha value is -2.09. The maximum absolute atomic E-state index is 11.3. The molecule has 0 atom stereocenters. The first kappa shape index (κ1) is 15.0. The molecule has 0 saturated carbocycles. The molecule has 1 aromatic carbocycles. The third kappa shape index (κ3) is 4.96. The molecule has 3 N–H and O–H groups in total. The summed E-state index contributed by atoms with van der Waals surface area (Å²) < 4.78 is 5.72. The van der Waals surface area contributed by atoms with Crippen LogP contribution in [0.15, 0.2) is 22.7 Å². The van der Waals surface area contributed by atoms with E-state index in [1.54, 1.807) is 6.07 Å². The topological polar surface area (TPSA) is 105 Å². The Kier molecular flexibility index (Phi) is 5.31. The highest BCUT2D eigenvalue weighted by Crippen LogP contribution is 2.23. The average Bonchev–Trinajstić information content (AvgIpc) is 2.33. The van der Waals surface area contributed by atoms with Crippen LogP contribution in [-0.4, -0.2) is 29.5 Å². The maximum Gasteiger partial charge on any atom is 0.339 e. The van der Waals surface area contributed by atoms with E-state index in [1.807, 2.05) is 0 Å². The monoisotopic (exact) mass is 330 g/mol. The van der Waals surface area contributed by atoms with E-state index < -0.39 is 24.4 Å². The number of halogens is 1. The Labute approximate surface area is 117 Å². The van der Waals surface area contributed by atoms with E-state index in [0.717, 1.165) is 0 Å². The van der Waals surface area contributed by atoms with Gasteiger partial charge in [0.15, 0.2) is 6.61 Å². The van der Waals surface area contributed by atoms with Gasteiger partial charge in [-0.2, -0.15) is 0 Å². The van der Waals surface area contributed by atoms with Gasteiger partial charge in [0.2, 0.25) is 5.91 Å². The number of aromatic carboxylic acids is 1. The lowest BCUT2D eigenvalue weighted by atomic mass is 10.2. The fourth-order valence-electron chi connectivity index (χ4n) is 1.13. The van der Waals surface area contributed by atoms with Crippen LogP contribution in [0.1, 0.15) is 17.3 Å². The quantitative estimate of drug-likeness (QED) is 0.704. The molecule has 102 valence electrons. The van der Waals surface area contributed by atoms with Gasteiger partial charge in [0, 0.05) is 11.4 Å². The predicted molar refractivity (Wildman–Crippen MR) is 68.6 cm³/mol. The highest BCUT2D eigenvalue weighted by atomic mass is 79.9. The van der Waals surface area contributed by atoms with Gasteiger partial charge in [-0.15, -0.1) is 0 Å². The Bertz CT molecular complexity index is 518. The Morgan fingerprint density at radius 3 is 2.58 bits per heavy atom. The lowest BCUT2D eigenvalue weighted by molar-refractivity contribution is -0.129. The second-order valence-corrected chi connectivity index (χ2v) is 4.38. The van der Waals surface area contributed by atoms with Crippen LogP contribution >= 0.6 is 15.9 Å². The van der Waals surface area contributed by atoms with E-state index in [9.17, 15) is 14.4 Å². The number of hydrogen-bond donors (Lipinski definition) is 3. The standard InChI is InChI=1S/C11H11BrN2O5/c1-6(15)13-14-10(16)5-19-9-4-7(12)2-3-8(9)11(17)18/h2-4H,5H2,1H3,(H,13,15)(H,14,16)(H,17,18). The van der Waals surface area contributed by atoms with Gasteiger partial charge in [0.05, 0.1) is 0 Å². The molecule has 0 aromatic heterocycles. The van der Waals surface area contributed by atoms with Crippen molar-refractivity contribution in [3.8, 4) is 5.75 Å². The minimum absolute atomic E-state index is 0.0554. The van der Waals surface area contributed by atoms with Crippen LogP contribution in [0.2, 0.25) is 0 Å². The SMILES string of the molecule is CC(=O)NNC(=O)COc1cc(Br)ccc1C(=O)O. The molecule has 0 heterocycles. The zero-order valence-electron chi connectivity index (χ0n) is 9.90. The van der Waals surface area contributed by atoms with Gasteiger partial charge < -0.3 is 9.84 Å². The zero-order chi connectivity index (χ0) is 14.4. The van der Waals surface area contributed by atoms with Crippen molar-refractivity contribution >= 4 is 33.7 Å². The second-order valence-electron chi connectivity index (χ2n) is 3.46. The smallest absolute Gasteiger partial charge is 0.339 e. The van der Waals surface area contributed by atoms with Crippen LogP contribution in [0.3, 0.4) is 0 Å². The summed E-state index contributed by atoms with van der Waals surface area (Å²) in [6, 6.07) is 4.34. The van der Waals surface area contributed by atoms with Crippen LogP contribution in [0, 0.1) is 0 Å². The van der Waals surface area contributed by atoms with E-state index in [1.165, 1.54) is 19.1 Å². The van der Waals surface area contributed by atoms with Crippen molar-refractivity contribution in [3.05, 3.63) is 28.2 Å². The summed E-state index contributed by atoms with van der Waals surface area (Å²) in [6.45, 7) is 0.814. The number of nitrogens with one attached hydrogen (secondary N) is 2. The van der Waals surface area contributed by atoms with E-state index in [4.69, 9.17) is 9.84 Å². The van der Waals surface area contributed by atoms with Crippen molar-refractivity contribution in [2.45, 2.75) is 6.92 Å². The number of hydrogen-bond acceptors (Lipinski definition) is 4. The summed E-state index contributed by atoms with van der Waals surface area (Å²) >= 11 is 3.17. The lowest BCUT2D eigenvalue weighted by Crippen LogP contribution is -2.42. The van der Waals surface area contributed by atoms with Crippen LogP contribution in [0.4, 0.5) is 0 Å². The van der Waals surface area contributed by atoms with Gasteiger partial charge in [-0.25, -0.2) is 4.79 Å². The molecule has 0 aliphatic rings. The van der Waals surface area contributed by atoms with E-state index >= 15 is 0 Å². The van der Waals surface area contributed by atoms with Crippen molar-refractivity contribution in [2.75, 3.05) is 6.61 Å².